The first-order valence-electron chi connectivity index (χ1n) is 22.6. The molecular formula is C45H29N3O. The van der Waals surface area contributed by atoms with Crippen LogP contribution in [0.25, 0.3) is 89.5 Å². The molecule has 9 rings (SSSR count). The third-order valence-electron chi connectivity index (χ3n) is 7.78. The molecule has 0 aliphatic heterocycles. The van der Waals surface area contributed by atoms with Gasteiger partial charge in [-0.2, -0.15) is 0 Å². The van der Waals surface area contributed by atoms with E-state index in [0.717, 1.165) is 11.1 Å². The Morgan fingerprint density at radius 1 is 0.347 bits per heavy atom. The van der Waals surface area contributed by atoms with E-state index in [-0.39, 0.29) is 39.4 Å². The summed E-state index contributed by atoms with van der Waals surface area (Å²) < 4.78 is 138. The maximum Gasteiger partial charge on any atom is 0.164 e. The molecule has 0 aliphatic rings. The number of fused-ring (bicyclic) bond motifs is 3. The molecular weight excluding hydrogens is 599 g/mol. The minimum atomic E-state index is -0.832. The summed E-state index contributed by atoms with van der Waals surface area (Å²) in [7, 11) is 0. The van der Waals surface area contributed by atoms with Crippen LogP contribution in [0.4, 0.5) is 0 Å². The third kappa shape index (κ3) is 5.56. The average molecular weight is 643 g/mol. The lowest BCUT2D eigenvalue weighted by atomic mass is 9.99. The molecule has 0 saturated heterocycles. The van der Waals surface area contributed by atoms with Crippen LogP contribution in [0.1, 0.15) is 20.6 Å². The molecule has 0 N–H and O–H groups in total. The van der Waals surface area contributed by atoms with Crippen LogP contribution in [0.2, 0.25) is 0 Å². The van der Waals surface area contributed by atoms with Crippen molar-refractivity contribution in [2.24, 2.45) is 0 Å². The molecule has 4 nitrogen and oxygen atoms in total. The SMILES string of the molecule is [2H]c1c([2H])c([2H])c(-c2c([2H])c([2H])c(-c3c([2H])c([2H])c4oc5c([2H])c(-c6nc(-c7ccccc7)nc(-c7ccc(-c8ccccc8)cc7)n6)c([2H])c([2H])c5c4c3[2H])c([2H])c2[2H])c([2H])c1[2H]. The van der Waals surface area contributed by atoms with Gasteiger partial charge >= 0.3 is 0 Å². The number of nitrogens with zero attached hydrogens (tertiary/aromatic N) is 3. The monoisotopic (exact) mass is 642 g/mol. The van der Waals surface area contributed by atoms with Gasteiger partial charge in [0.25, 0.3) is 0 Å². The minimum absolute atomic E-state index is 0.135. The van der Waals surface area contributed by atoms with E-state index in [1.165, 1.54) is 0 Å². The first kappa shape index (κ1) is 17.0. The van der Waals surface area contributed by atoms with Crippen molar-refractivity contribution in [3.63, 3.8) is 0 Å². The summed E-state index contributed by atoms with van der Waals surface area (Å²) in [5, 5.41) is -0.551. The summed E-state index contributed by atoms with van der Waals surface area (Å²) in [6.07, 6.45) is 0. The molecule has 0 atom stereocenters. The number of hydrogen-bond donors (Lipinski definition) is 0. The van der Waals surface area contributed by atoms with Crippen molar-refractivity contribution in [2.75, 3.05) is 0 Å². The zero-order chi connectivity index (χ0) is 45.6. The molecule has 0 amide bonds. The predicted octanol–water partition coefficient (Wildman–Crippen LogP) is 11.8. The zero-order valence-corrected chi connectivity index (χ0v) is 25.3. The number of furan rings is 1. The van der Waals surface area contributed by atoms with Gasteiger partial charge in [-0.3, -0.25) is 0 Å². The highest BCUT2D eigenvalue weighted by molar-refractivity contribution is 6.07. The summed E-state index contributed by atoms with van der Waals surface area (Å²) in [6.45, 7) is 0. The minimum Gasteiger partial charge on any atom is -0.456 e. The molecule has 4 heteroatoms. The molecule has 2 aromatic heterocycles. The van der Waals surface area contributed by atoms with Gasteiger partial charge in [-0.25, -0.2) is 15.0 Å². The Bertz CT molecular complexity index is 3380. The lowest BCUT2D eigenvalue weighted by Crippen LogP contribution is -2.00. The first-order chi connectivity index (χ1) is 30.5. The molecule has 0 fully saturated rings. The second-order valence-corrected chi connectivity index (χ2v) is 10.9. The van der Waals surface area contributed by atoms with Crippen molar-refractivity contribution in [1.82, 2.24) is 15.0 Å². The van der Waals surface area contributed by atoms with Gasteiger partial charge in [0, 0.05) is 27.5 Å². The van der Waals surface area contributed by atoms with E-state index < -0.39 is 118 Å². The highest BCUT2D eigenvalue weighted by atomic mass is 16.3. The van der Waals surface area contributed by atoms with Gasteiger partial charge in [-0.15, -0.1) is 0 Å². The van der Waals surface area contributed by atoms with E-state index in [0.29, 0.717) is 11.1 Å². The van der Waals surface area contributed by atoms with Crippen molar-refractivity contribution in [2.45, 2.75) is 0 Å². The number of benzene rings is 7. The standard InChI is InChI=1S/C45H29N3O/c1-4-10-30(11-5-1)32-16-18-34(19-17-32)37-25-27-41-40(28-37)39-26-24-38(29-42(39)49-41)45-47-43(35-14-8-3-9-15-35)46-44(48-45)36-22-20-33(21-23-36)31-12-6-2-7-13-31/h1-29H/i1D,4D,5D,10D,11D,16D,17D,18D,19D,24D,25D,26D,27D,28D,29D. The van der Waals surface area contributed by atoms with Gasteiger partial charge in [-0.1, -0.05) is 151 Å². The van der Waals surface area contributed by atoms with Crippen molar-refractivity contribution in [3.8, 4) is 67.5 Å². The van der Waals surface area contributed by atoms with Crippen LogP contribution in [0, 0.1) is 0 Å². The number of aromatic nitrogens is 3. The molecule has 0 spiro atoms. The Kier molecular flexibility index (Phi) is 4.21. The molecule has 49 heavy (non-hydrogen) atoms. The van der Waals surface area contributed by atoms with Crippen LogP contribution in [0.3, 0.4) is 0 Å². The van der Waals surface area contributed by atoms with Crippen LogP contribution >= 0.6 is 0 Å². The normalized spacial score (nSPS) is 15.6. The van der Waals surface area contributed by atoms with E-state index in [4.69, 9.17) is 29.5 Å². The Balaban J connectivity index is 1.26. The second-order valence-electron chi connectivity index (χ2n) is 10.9. The topological polar surface area (TPSA) is 51.8 Å². The fourth-order valence-corrected chi connectivity index (χ4v) is 5.34. The number of hydrogen-bond acceptors (Lipinski definition) is 4. The van der Waals surface area contributed by atoms with E-state index in [9.17, 15) is 5.48 Å². The van der Waals surface area contributed by atoms with Crippen molar-refractivity contribution >= 4 is 21.9 Å². The molecule has 230 valence electrons. The average Bonchev–Trinajstić information content (AvgIpc) is 3.73. The van der Waals surface area contributed by atoms with Gasteiger partial charge in [0.15, 0.2) is 17.5 Å². The fraction of sp³-hybridized carbons (Fsp3) is 0. The molecule has 0 bridgehead atoms. The molecule has 9 aromatic rings. The Labute approximate surface area is 305 Å². The lowest BCUT2D eigenvalue weighted by molar-refractivity contribution is 0.669. The molecule has 0 radical (unpaired) electrons. The quantitative estimate of drug-likeness (QED) is 0.181. The van der Waals surface area contributed by atoms with Crippen molar-refractivity contribution < 1.29 is 25.0 Å². The fourth-order valence-electron chi connectivity index (χ4n) is 5.34. The summed E-state index contributed by atoms with van der Waals surface area (Å²) in [4.78, 5) is 14.1. The smallest absolute Gasteiger partial charge is 0.164 e. The highest BCUT2D eigenvalue weighted by Crippen LogP contribution is 2.35. The molecule has 2 heterocycles. The largest absolute Gasteiger partial charge is 0.456 e. The maximum atomic E-state index is 9.40. The zero-order valence-electron chi connectivity index (χ0n) is 40.3. The molecule has 0 aliphatic carbocycles. The van der Waals surface area contributed by atoms with Gasteiger partial charge in [0.05, 0.1) is 20.6 Å². The molecule has 7 aromatic carbocycles. The first-order valence-corrected chi connectivity index (χ1v) is 15.1. The lowest BCUT2D eigenvalue weighted by Gasteiger charge is -2.09. The summed E-state index contributed by atoms with van der Waals surface area (Å²) >= 11 is 0. The van der Waals surface area contributed by atoms with Crippen LogP contribution in [0.5, 0.6) is 0 Å². The molecule has 0 saturated carbocycles. The predicted molar refractivity (Wildman–Crippen MR) is 200 cm³/mol. The Hall–Kier alpha value is -6.65. The van der Waals surface area contributed by atoms with E-state index >= 15 is 0 Å². The van der Waals surface area contributed by atoms with E-state index in [2.05, 4.69) is 4.98 Å². The Morgan fingerprint density at radius 2 is 0.837 bits per heavy atom. The molecule has 0 unspecified atom stereocenters. The van der Waals surface area contributed by atoms with Crippen molar-refractivity contribution in [3.05, 3.63) is 176 Å². The van der Waals surface area contributed by atoms with Gasteiger partial charge in [0.2, 0.25) is 0 Å². The van der Waals surface area contributed by atoms with Crippen LogP contribution in [-0.4, -0.2) is 15.0 Å². The van der Waals surface area contributed by atoms with Crippen LogP contribution < -0.4 is 0 Å². The van der Waals surface area contributed by atoms with Crippen LogP contribution in [-0.2, 0) is 0 Å². The summed E-state index contributed by atoms with van der Waals surface area (Å²) in [5.74, 6) is 0.288. The Morgan fingerprint density at radius 3 is 1.51 bits per heavy atom. The highest BCUT2D eigenvalue weighted by Gasteiger charge is 2.15. The van der Waals surface area contributed by atoms with Crippen LogP contribution in [0.15, 0.2) is 180 Å². The maximum absolute atomic E-state index is 9.40. The van der Waals surface area contributed by atoms with E-state index in [1.807, 2.05) is 60.7 Å². The second kappa shape index (κ2) is 12.2. The van der Waals surface area contributed by atoms with Gasteiger partial charge in [0.1, 0.15) is 11.2 Å². The summed E-state index contributed by atoms with van der Waals surface area (Å²) in [6, 6.07) is 15.5. The van der Waals surface area contributed by atoms with Gasteiger partial charge in [-0.05, 0) is 57.6 Å². The third-order valence-corrected chi connectivity index (χ3v) is 7.78. The van der Waals surface area contributed by atoms with Gasteiger partial charge < -0.3 is 4.42 Å². The van der Waals surface area contributed by atoms with Crippen molar-refractivity contribution in [1.29, 1.82) is 0 Å². The summed E-state index contributed by atoms with van der Waals surface area (Å²) in [5.41, 5.74) is -0.152. The number of rotatable bonds is 6. The van der Waals surface area contributed by atoms with E-state index in [1.54, 1.807) is 24.3 Å².